The Bertz CT molecular complexity index is 16.0. The van der Waals surface area contributed by atoms with Crippen molar-refractivity contribution >= 4 is 24.0 Å². The summed E-state index contributed by atoms with van der Waals surface area (Å²) >= 11 is 0. The molecule has 0 aliphatic heterocycles. The van der Waals surface area contributed by atoms with Crippen molar-refractivity contribution in [1.82, 2.24) is 11.1 Å². The molecule has 0 aliphatic carbocycles. The van der Waals surface area contributed by atoms with Gasteiger partial charge in [0.1, 0.15) is 0 Å². The highest BCUT2D eigenvalue weighted by molar-refractivity contribution is 14.0. The summed E-state index contributed by atoms with van der Waals surface area (Å²) in [5, 5.41) is 0. The number of halogens is 1. The van der Waals surface area contributed by atoms with Gasteiger partial charge < -0.3 is 11.1 Å². The third-order valence-electron chi connectivity index (χ3n) is 0. The molecule has 7 N–H and O–H groups in total. The van der Waals surface area contributed by atoms with Crippen LogP contribution in [0.3, 0.4) is 0 Å². The van der Waals surface area contributed by atoms with E-state index in [0.29, 0.717) is 0 Å². The Morgan fingerprint density at radius 1 is 1.00 bits per heavy atom. The summed E-state index contributed by atoms with van der Waals surface area (Å²) in [4.78, 5) is 2.00. The van der Waals surface area contributed by atoms with Crippen LogP contribution in [0.15, 0.2) is 0 Å². The van der Waals surface area contributed by atoms with Crippen molar-refractivity contribution in [1.29, 1.82) is 0 Å². The number of hydrazine groups is 1. The summed E-state index contributed by atoms with van der Waals surface area (Å²) < 4.78 is 0. The lowest BCUT2D eigenvalue weighted by Crippen LogP contribution is -2.02. The maximum atomic E-state index is 4.00. The van der Waals surface area contributed by atoms with Crippen LogP contribution in [0.2, 0.25) is 0 Å². The summed E-state index contributed by atoms with van der Waals surface area (Å²) in [6, 6.07) is 0. The van der Waals surface area contributed by atoms with Crippen LogP contribution in [0.5, 0.6) is 0 Å². The van der Waals surface area contributed by atoms with Crippen molar-refractivity contribution in [3.63, 3.8) is 0 Å². The molecule has 0 aliphatic rings. The quantitative estimate of drug-likeness (QED) is 0.308. The zero-order chi connectivity index (χ0) is 5.58. The predicted octanol–water partition coefficient (Wildman–Crippen LogP) is -0.223. The van der Waals surface area contributed by atoms with Crippen LogP contribution in [-0.2, 0) is 0 Å². The lowest BCUT2D eigenvalue weighted by molar-refractivity contribution is 0.505. The second kappa shape index (κ2) is 25.6. The molecule has 0 amide bonds. The zero-order valence-corrected chi connectivity index (χ0v) is 8.05. The second-order valence-corrected chi connectivity index (χ2v) is 1.34. The van der Waals surface area contributed by atoms with Crippen LogP contribution < -0.4 is 17.8 Å². The molecule has 0 fully saturated rings. The van der Waals surface area contributed by atoms with E-state index in [2.05, 4.69) is 11.7 Å². The van der Waals surface area contributed by atoms with Crippen LogP contribution in [0.1, 0.15) is 0 Å². The molecule has 0 atom stereocenters. The summed E-state index contributed by atoms with van der Waals surface area (Å²) in [6.45, 7) is 0. The molecule has 0 aromatic rings. The lowest BCUT2D eigenvalue weighted by Gasteiger charge is -1.90. The maximum absolute atomic E-state index is 4.00. The highest BCUT2D eigenvalue weighted by Crippen LogP contribution is 1.47. The van der Waals surface area contributed by atoms with Gasteiger partial charge in [-0.2, -0.15) is 0 Å². The summed E-state index contributed by atoms with van der Waals surface area (Å²) in [5.41, 5.74) is 0. The number of nitrogens with zero attached hydrogens (tertiary/aromatic N) is 1. The van der Waals surface area contributed by atoms with Crippen molar-refractivity contribution in [2.24, 2.45) is 11.7 Å². The van der Waals surface area contributed by atoms with E-state index in [-0.39, 0.29) is 30.1 Å². The summed E-state index contributed by atoms with van der Waals surface area (Å²) in [6.07, 6.45) is 0. The smallest absolute Gasteiger partial charge is 0.0140 e. The van der Waals surface area contributed by atoms with Crippen molar-refractivity contribution in [3.05, 3.63) is 0 Å². The van der Waals surface area contributed by atoms with Gasteiger partial charge in [-0.1, -0.05) is 0 Å². The summed E-state index contributed by atoms with van der Waals surface area (Å²) in [5.74, 6) is 8.00. The van der Waals surface area contributed by atoms with Gasteiger partial charge in [0.15, 0.2) is 0 Å². The Labute approximate surface area is 68.2 Å². The van der Waals surface area contributed by atoms with Gasteiger partial charge >= 0.3 is 0 Å². The van der Waals surface area contributed by atoms with Gasteiger partial charge in [0, 0.05) is 0 Å². The average Bonchev–Trinajstić information content (AvgIpc) is 1.41. The van der Waals surface area contributed by atoms with E-state index in [1.54, 1.807) is 0 Å². The molecule has 0 spiro atoms. The minimum Gasteiger partial charge on any atom is -0.344 e. The highest BCUT2D eigenvalue weighted by atomic mass is 127. The SMILES string of the molecule is CN(C)C.I.N.NN. The Morgan fingerprint density at radius 3 is 1.00 bits per heavy atom. The Hall–Kier alpha value is 0.570. The molecule has 0 saturated heterocycles. The Morgan fingerprint density at radius 2 is 1.00 bits per heavy atom. The van der Waals surface area contributed by atoms with Gasteiger partial charge in [0.05, 0.1) is 0 Å². The molecule has 0 aromatic heterocycles. The molecule has 8 heavy (non-hydrogen) atoms. The first kappa shape index (κ1) is 23.5. The highest BCUT2D eigenvalue weighted by Gasteiger charge is 1.58. The van der Waals surface area contributed by atoms with E-state index in [1.165, 1.54) is 0 Å². The second-order valence-electron chi connectivity index (χ2n) is 1.34. The fourth-order valence-electron chi connectivity index (χ4n) is 0. The average molecular weight is 236 g/mol. The topological polar surface area (TPSA) is 90.3 Å². The van der Waals surface area contributed by atoms with Crippen LogP contribution in [0.4, 0.5) is 0 Å². The molecule has 0 bridgehead atoms. The van der Waals surface area contributed by atoms with Crippen LogP contribution in [-0.4, -0.2) is 26.0 Å². The fraction of sp³-hybridized carbons (Fsp3) is 1.00. The van der Waals surface area contributed by atoms with Crippen molar-refractivity contribution < 1.29 is 0 Å². The number of rotatable bonds is 0. The first-order chi connectivity index (χ1) is 2.73. The van der Waals surface area contributed by atoms with E-state index in [0.717, 1.165) is 0 Å². The third-order valence-corrected chi connectivity index (χ3v) is 0. The van der Waals surface area contributed by atoms with E-state index in [4.69, 9.17) is 0 Å². The minimum absolute atomic E-state index is 0. The van der Waals surface area contributed by atoms with E-state index < -0.39 is 0 Å². The monoisotopic (exact) mass is 236 g/mol. The van der Waals surface area contributed by atoms with E-state index in [9.17, 15) is 0 Å². The molecule has 5 heteroatoms. The maximum Gasteiger partial charge on any atom is -0.0140 e. The molecule has 4 nitrogen and oxygen atoms in total. The largest absolute Gasteiger partial charge is 0.344 e. The predicted molar refractivity (Wildman–Crippen MR) is 48.4 cm³/mol. The van der Waals surface area contributed by atoms with Gasteiger partial charge in [-0.3, -0.25) is 11.7 Å². The van der Waals surface area contributed by atoms with Gasteiger partial charge in [-0.25, -0.2) is 0 Å². The zero-order valence-electron chi connectivity index (χ0n) is 5.72. The molecule has 0 aromatic carbocycles. The lowest BCUT2D eigenvalue weighted by atomic mass is 11.0. The van der Waals surface area contributed by atoms with Crippen molar-refractivity contribution in [3.8, 4) is 0 Å². The third kappa shape index (κ3) is 627. The number of hydrogen-bond donors (Lipinski definition) is 3. The standard InChI is InChI=1S/C3H9N.HI.H4N2.H3N/c1-4(2)3;;1-2;/h1-3H3;1H;1-2H2;1H3. The molecular weight excluding hydrogens is 219 g/mol. The van der Waals surface area contributed by atoms with Crippen LogP contribution in [0.25, 0.3) is 0 Å². The first-order valence-electron chi connectivity index (χ1n) is 1.67. The van der Waals surface area contributed by atoms with Gasteiger partial charge in [-0.15, -0.1) is 24.0 Å². The Balaban J connectivity index is -0.0000000183. The molecular formula is C3H17IN4. The van der Waals surface area contributed by atoms with Gasteiger partial charge in [0.25, 0.3) is 0 Å². The number of nitrogens with two attached hydrogens (primary N) is 2. The van der Waals surface area contributed by atoms with E-state index in [1.807, 2.05) is 26.0 Å². The fourth-order valence-corrected chi connectivity index (χ4v) is 0. The Kier molecular flexibility index (Phi) is 75.4. The normalized spacial score (nSPS) is 5.25. The molecule has 0 radical (unpaired) electrons. The van der Waals surface area contributed by atoms with Crippen LogP contribution in [0, 0.1) is 0 Å². The van der Waals surface area contributed by atoms with Crippen molar-refractivity contribution in [2.45, 2.75) is 0 Å². The first-order valence-corrected chi connectivity index (χ1v) is 1.67. The molecule has 56 valence electrons. The minimum atomic E-state index is 0. The molecule has 0 unspecified atom stereocenters. The van der Waals surface area contributed by atoms with Crippen molar-refractivity contribution in [2.75, 3.05) is 21.1 Å². The molecule has 0 saturated carbocycles. The summed E-state index contributed by atoms with van der Waals surface area (Å²) in [7, 11) is 6.00. The van der Waals surface area contributed by atoms with Crippen LogP contribution >= 0.6 is 24.0 Å². The number of hydrogen-bond acceptors (Lipinski definition) is 4. The molecule has 0 rings (SSSR count). The van der Waals surface area contributed by atoms with Gasteiger partial charge in [-0.05, 0) is 21.1 Å². The van der Waals surface area contributed by atoms with E-state index >= 15 is 0 Å². The van der Waals surface area contributed by atoms with Gasteiger partial charge in [0.2, 0.25) is 0 Å². The molecule has 0 heterocycles.